The van der Waals surface area contributed by atoms with Crippen LogP contribution in [-0.4, -0.2) is 34.6 Å². The van der Waals surface area contributed by atoms with Gasteiger partial charge in [-0.15, -0.1) is 11.8 Å². The van der Waals surface area contributed by atoms with Gasteiger partial charge in [0.1, 0.15) is 5.75 Å². The molecular formula is C38H28F3N3O5S2. The fraction of sp³-hybridized carbons (Fsp3) is 0.263. The molecule has 1 saturated heterocycles. The third-order valence-electron chi connectivity index (χ3n) is 10.8. The average Bonchev–Trinajstić information content (AvgIpc) is 3.85. The van der Waals surface area contributed by atoms with Gasteiger partial charge in [0.2, 0.25) is 11.8 Å². The number of H-pyrrole nitrogens is 1. The van der Waals surface area contributed by atoms with Gasteiger partial charge in [0.15, 0.2) is 6.61 Å². The maximum Gasteiger partial charge on any atom is 0.416 e. The Bertz CT molecular complexity index is 2320. The fourth-order valence-electron chi connectivity index (χ4n) is 8.88. The molecule has 4 aliphatic rings. The molecule has 2 aliphatic carbocycles. The Morgan fingerprint density at radius 1 is 0.882 bits per heavy atom. The zero-order chi connectivity index (χ0) is 35.2. The Kier molecular flexibility index (Phi) is 7.44. The maximum absolute atomic E-state index is 14.0. The third kappa shape index (κ3) is 5.27. The monoisotopic (exact) mass is 727 g/mol. The molecule has 0 spiro atoms. The van der Waals surface area contributed by atoms with E-state index in [-0.39, 0.29) is 52.0 Å². The number of thioether (sulfide) groups is 1. The first-order valence-corrected chi connectivity index (χ1v) is 18.2. The second-order valence-corrected chi connectivity index (χ2v) is 15.7. The number of aromatic nitrogens is 1. The van der Waals surface area contributed by atoms with Crippen LogP contribution in [0.1, 0.15) is 28.3 Å². The van der Waals surface area contributed by atoms with E-state index >= 15 is 0 Å². The zero-order valence-electron chi connectivity index (χ0n) is 26.6. The van der Waals surface area contributed by atoms with Crippen LogP contribution in [0.2, 0.25) is 0 Å². The number of carbonyl (C=O) groups excluding carboxylic acids is 3. The van der Waals surface area contributed by atoms with Crippen molar-refractivity contribution in [1.29, 1.82) is 0 Å². The van der Waals surface area contributed by atoms with E-state index in [9.17, 15) is 32.3 Å². The van der Waals surface area contributed by atoms with Gasteiger partial charge in [-0.1, -0.05) is 59.9 Å². The second kappa shape index (κ2) is 11.8. The number of nitrogens with one attached hydrogen (secondary N) is 2. The van der Waals surface area contributed by atoms with Crippen molar-refractivity contribution in [3.8, 4) is 5.75 Å². The number of halogens is 3. The van der Waals surface area contributed by atoms with Crippen molar-refractivity contribution >= 4 is 63.0 Å². The van der Waals surface area contributed by atoms with Gasteiger partial charge >= 0.3 is 11.0 Å². The van der Waals surface area contributed by atoms with Crippen LogP contribution >= 0.6 is 23.1 Å². The normalized spacial score (nSPS) is 26.3. The van der Waals surface area contributed by atoms with Gasteiger partial charge in [-0.05, 0) is 83.0 Å². The minimum Gasteiger partial charge on any atom is -0.484 e. The average molecular weight is 728 g/mol. The van der Waals surface area contributed by atoms with E-state index in [4.69, 9.17) is 4.74 Å². The molecule has 3 heterocycles. The van der Waals surface area contributed by atoms with Crippen LogP contribution in [-0.2, 0) is 20.6 Å². The largest absolute Gasteiger partial charge is 0.484 e. The van der Waals surface area contributed by atoms with Crippen LogP contribution < -0.4 is 19.8 Å². The predicted molar refractivity (Wildman–Crippen MR) is 187 cm³/mol. The van der Waals surface area contributed by atoms with Gasteiger partial charge in [0.25, 0.3) is 5.91 Å². The van der Waals surface area contributed by atoms with Crippen LogP contribution in [0.4, 0.5) is 24.5 Å². The van der Waals surface area contributed by atoms with Crippen molar-refractivity contribution in [3.63, 3.8) is 0 Å². The topological polar surface area (TPSA) is 109 Å². The summed E-state index contributed by atoms with van der Waals surface area (Å²) in [7, 11) is 0. The number of aromatic amines is 1. The highest BCUT2D eigenvalue weighted by atomic mass is 32.2. The molecule has 258 valence electrons. The molecule has 1 aromatic heterocycles. The van der Waals surface area contributed by atoms with Crippen molar-refractivity contribution in [2.24, 2.45) is 29.6 Å². The first-order valence-electron chi connectivity index (χ1n) is 16.5. The highest BCUT2D eigenvalue weighted by Gasteiger charge is 2.69. The molecule has 4 aromatic carbocycles. The molecule has 13 heteroatoms. The Morgan fingerprint density at radius 3 is 2.45 bits per heavy atom. The molecule has 2 aliphatic heterocycles. The molecule has 8 nitrogen and oxygen atoms in total. The van der Waals surface area contributed by atoms with Crippen molar-refractivity contribution in [1.82, 2.24) is 4.98 Å². The molecule has 3 amide bonds. The van der Waals surface area contributed by atoms with Gasteiger partial charge in [-0.3, -0.25) is 24.1 Å². The molecule has 9 rings (SSSR count). The van der Waals surface area contributed by atoms with E-state index < -0.39 is 35.4 Å². The van der Waals surface area contributed by atoms with Crippen molar-refractivity contribution < 1.29 is 32.3 Å². The van der Waals surface area contributed by atoms with E-state index in [0.29, 0.717) is 17.9 Å². The first kappa shape index (κ1) is 32.1. The minimum atomic E-state index is -4.62. The molecule has 7 atom stereocenters. The molecule has 2 saturated carbocycles. The van der Waals surface area contributed by atoms with E-state index in [2.05, 4.69) is 10.3 Å². The van der Waals surface area contributed by atoms with E-state index in [0.717, 1.165) is 54.6 Å². The number of fused-ring (bicyclic) bond motifs is 10. The van der Waals surface area contributed by atoms with Gasteiger partial charge < -0.3 is 15.0 Å². The number of imide groups is 1. The molecule has 2 N–H and O–H groups in total. The van der Waals surface area contributed by atoms with Gasteiger partial charge in [-0.25, -0.2) is 0 Å². The third-order valence-corrected chi connectivity index (χ3v) is 13.4. The summed E-state index contributed by atoms with van der Waals surface area (Å²) in [4.78, 5) is 58.0. The van der Waals surface area contributed by atoms with Crippen LogP contribution in [0.3, 0.4) is 0 Å². The number of thiazole rings is 1. The van der Waals surface area contributed by atoms with Crippen molar-refractivity contribution in [2.75, 3.05) is 16.8 Å². The highest BCUT2D eigenvalue weighted by Crippen LogP contribution is 2.68. The number of hydrogen-bond donors (Lipinski definition) is 2. The second-order valence-electron chi connectivity index (χ2n) is 13.5. The van der Waals surface area contributed by atoms with E-state index in [1.807, 2.05) is 60.7 Å². The van der Waals surface area contributed by atoms with E-state index in [1.165, 1.54) is 23.9 Å². The van der Waals surface area contributed by atoms with Crippen molar-refractivity contribution in [3.05, 3.63) is 117 Å². The number of amides is 3. The number of carbonyl (C=O) groups is 3. The lowest BCUT2D eigenvalue weighted by atomic mass is 9.68. The molecule has 3 fully saturated rings. The summed E-state index contributed by atoms with van der Waals surface area (Å²) in [5.41, 5.74) is 0.507. The summed E-state index contributed by atoms with van der Waals surface area (Å²) in [6.07, 6.45) is -3.99. The lowest BCUT2D eigenvalue weighted by Crippen LogP contribution is -2.42. The number of rotatable bonds is 6. The fourth-order valence-corrected chi connectivity index (χ4v) is 11.8. The Labute approximate surface area is 297 Å². The quantitative estimate of drug-likeness (QED) is 0.178. The molecule has 51 heavy (non-hydrogen) atoms. The van der Waals surface area contributed by atoms with Crippen LogP contribution in [0.25, 0.3) is 10.8 Å². The van der Waals surface area contributed by atoms with Crippen LogP contribution in [0, 0.1) is 29.6 Å². The predicted octanol–water partition coefficient (Wildman–Crippen LogP) is 7.30. The number of alkyl halides is 3. The Hall–Kier alpha value is -4.88. The van der Waals surface area contributed by atoms with E-state index in [1.54, 1.807) is 6.07 Å². The summed E-state index contributed by atoms with van der Waals surface area (Å²) in [6, 6.07) is 25.2. The maximum atomic E-state index is 14.0. The summed E-state index contributed by atoms with van der Waals surface area (Å²) >= 11 is 2.64. The molecule has 4 unspecified atom stereocenters. The summed E-state index contributed by atoms with van der Waals surface area (Å²) in [5.74, 6) is -2.95. The minimum absolute atomic E-state index is 0.0706. The molecular weight excluding hydrogens is 700 g/mol. The number of anilines is 2. The lowest BCUT2D eigenvalue weighted by Gasteiger charge is -2.43. The number of hydrogen-bond acceptors (Lipinski definition) is 7. The van der Waals surface area contributed by atoms with Crippen molar-refractivity contribution in [2.45, 2.75) is 28.8 Å². The molecule has 5 aromatic rings. The van der Waals surface area contributed by atoms with Gasteiger partial charge in [0, 0.05) is 21.7 Å². The zero-order valence-corrected chi connectivity index (χ0v) is 28.2. The Morgan fingerprint density at radius 2 is 1.65 bits per heavy atom. The molecule has 2 bridgehead atoms. The standard InChI is InChI=1S/C38H28F3N3O5S2/c39-38(40,41)21-8-4-9-23(15-21)44-35(46)30-25-16-26(31(30)36(44)47)32-29(25)28(33-34(50-32)43-37(48)51-33)20-7-3-10-24(14-20)49-17-27(45)42-22-12-11-18-5-1-2-6-19(18)13-22/h1-15,25-26,28-32H,16-17H2,(H,42,45)(H,43,48)/t25-,26-,28-,29?,30?,31?,32?/m1/s1. The van der Waals surface area contributed by atoms with Gasteiger partial charge in [-0.2, -0.15) is 13.2 Å². The Balaban J connectivity index is 0.988. The van der Waals surface area contributed by atoms with Gasteiger partial charge in [0.05, 0.1) is 28.1 Å². The SMILES string of the molecule is O=C(COc1cccc([C@H]2c3sc(=O)[nH]c3SC3C2[C@H]2C[C@@H]3C3C(=O)N(c4cccc(C(F)(F)F)c4)C(=O)C32)c1)Nc1ccc2ccccc2c1. The van der Waals surface area contributed by atoms with Crippen LogP contribution in [0.15, 0.2) is 101 Å². The summed E-state index contributed by atoms with van der Waals surface area (Å²) < 4.78 is 46.6. The smallest absolute Gasteiger partial charge is 0.416 e. The number of ether oxygens (including phenoxy) is 1. The first-order chi connectivity index (χ1) is 24.5. The summed E-state index contributed by atoms with van der Waals surface area (Å²) in [5, 5.41) is 5.56. The van der Waals surface area contributed by atoms with Crippen LogP contribution in [0.5, 0.6) is 5.75 Å². The number of nitrogens with zero attached hydrogens (tertiary/aromatic N) is 1. The molecule has 0 radical (unpaired) electrons. The number of benzene rings is 4. The lowest BCUT2D eigenvalue weighted by molar-refractivity contribution is -0.137. The highest BCUT2D eigenvalue weighted by molar-refractivity contribution is 8.00. The summed E-state index contributed by atoms with van der Waals surface area (Å²) in [6.45, 7) is -0.234.